The summed E-state index contributed by atoms with van der Waals surface area (Å²) >= 11 is 1.51. The quantitative estimate of drug-likeness (QED) is 0.488. The first-order valence-electron chi connectivity index (χ1n) is 8.88. The van der Waals surface area contributed by atoms with Gasteiger partial charge in [0, 0.05) is 12.8 Å². The Hall–Kier alpha value is -3.13. The summed E-state index contributed by atoms with van der Waals surface area (Å²) in [6, 6.07) is 17.8. The molecule has 4 aromatic rings. The number of hydrogen-bond donors (Lipinski definition) is 0. The predicted molar refractivity (Wildman–Crippen MR) is 109 cm³/mol. The molecule has 7 nitrogen and oxygen atoms in total. The molecule has 4 rings (SSSR count). The van der Waals surface area contributed by atoms with Crippen LogP contribution in [0.4, 0.5) is 0 Å². The summed E-state index contributed by atoms with van der Waals surface area (Å²) in [5, 5.41) is 12.6. The van der Waals surface area contributed by atoms with E-state index in [1.807, 2.05) is 61.1 Å². The van der Waals surface area contributed by atoms with E-state index in [2.05, 4.69) is 34.6 Å². The lowest BCUT2D eigenvalue weighted by atomic mass is 10.1. The van der Waals surface area contributed by atoms with Crippen LogP contribution >= 0.6 is 11.8 Å². The van der Waals surface area contributed by atoms with Gasteiger partial charge in [-0.15, -0.1) is 5.10 Å². The first-order chi connectivity index (χ1) is 13.6. The Morgan fingerprint density at radius 1 is 1.00 bits per heavy atom. The Balaban J connectivity index is 1.73. The van der Waals surface area contributed by atoms with E-state index in [0.29, 0.717) is 10.8 Å². The third-order valence-electron chi connectivity index (χ3n) is 4.79. The summed E-state index contributed by atoms with van der Waals surface area (Å²) in [5.74, 6) is 0.728. The van der Waals surface area contributed by atoms with Gasteiger partial charge in [0.1, 0.15) is 0 Å². The predicted octanol–water partition coefficient (Wildman–Crippen LogP) is 3.06. The molecule has 8 heteroatoms. The standard InChI is InChI=1S/C20H20N6OS/c1-14-9-7-8-10-16(14)13-28-20-21-22-23-25(20)18-15(2)24(3)26(19(18)27)17-11-5-4-6-12-17/h4-12H,13H2,1-3H3. The van der Waals surface area contributed by atoms with Crippen LogP contribution in [0.3, 0.4) is 0 Å². The first kappa shape index (κ1) is 18.2. The number of tetrazole rings is 1. The van der Waals surface area contributed by atoms with E-state index in [0.717, 1.165) is 17.1 Å². The molecule has 0 unspecified atom stereocenters. The molecule has 0 aliphatic rings. The molecule has 0 saturated carbocycles. The minimum atomic E-state index is -0.156. The number of nitrogens with zero attached hydrogens (tertiary/aromatic N) is 6. The molecule has 0 radical (unpaired) electrons. The topological polar surface area (TPSA) is 70.5 Å². The van der Waals surface area contributed by atoms with E-state index in [1.165, 1.54) is 22.9 Å². The maximum atomic E-state index is 13.2. The highest BCUT2D eigenvalue weighted by Gasteiger charge is 2.21. The van der Waals surface area contributed by atoms with Gasteiger partial charge in [-0.25, -0.2) is 4.68 Å². The molecule has 0 atom stereocenters. The molecule has 0 spiro atoms. The van der Waals surface area contributed by atoms with Gasteiger partial charge in [0.25, 0.3) is 5.56 Å². The fourth-order valence-electron chi connectivity index (χ4n) is 3.12. The fourth-order valence-corrected chi connectivity index (χ4v) is 4.07. The summed E-state index contributed by atoms with van der Waals surface area (Å²) in [5.41, 5.74) is 4.33. The largest absolute Gasteiger partial charge is 0.297 e. The molecule has 28 heavy (non-hydrogen) atoms. The van der Waals surface area contributed by atoms with Crippen molar-refractivity contribution in [3.05, 3.63) is 81.8 Å². The van der Waals surface area contributed by atoms with Crippen molar-refractivity contribution in [3.63, 3.8) is 0 Å². The molecule has 0 aliphatic carbocycles. The number of aryl methyl sites for hydroxylation is 1. The number of rotatable bonds is 5. The van der Waals surface area contributed by atoms with Crippen molar-refractivity contribution in [3.8, 4) is 11.4 Å². The summed E-state index contributed by atoms with van der Waals surface area (Å²) < 4.78 is 4.99. The molecule has 2 aromatic heterocycles. The lowest BCUT2D eigenvalue weighted by Crippen LogP contribution is -2.22. The van der Waals surface area contributed by atoms with Crippen LogP contribution in [0, 0.1) is 13.8 Å². The molecule has 2 heterocycles. The summed E-state index contributed by atoms with van der Waals surface area (Å²) in [4.78, 5) is 13.2. The Morgan fingerprint density at radius 2 is 1.71 bits per heavy atom. The van der Waals surface area contributed by atoms with E-state index in [9.17, 15) is 4.79 Å². The van der Waals surface area contributed by atoms with Crippen molar-refractivity contribution in [1.29, 1.82) is 0 Å². The van der Waals surface area contributed by atoms with Gasteiger partial charge in [-0.1, -0.05) is 54.2 Å². The second-order valence-electron chi connectivity index (χ2n) is 6.50. The van der Waals surface area contributed by atoms with Gasteiger partial charge in [-0.2, -0.15) is 4.68 Å². The molecule has 0 N–H and O–H groups in total. The summed E-state index contributed by atoms with van der Waals surface area (Å²) in [6.45, 7) is 3.98. The Bertz CT molecular complexity index is 1180. The number of para-hydroxylation sites is 1. The SMILES string of the molecule is Cc1ccccc1CSc1nnnn1-c1c(C)n(C)n(-c2ccccc2)c1=O. The van der Waals surface area contributed by atoms with E-state index in [4.69, 9.17) is 0 Å². The second-order valence-corrected chi connectivity index (χ2v) is 7.44. The minimum Gasteiger partial charge on any atom is -0.283 e. The van der Waals surface area contributed by atoms with Crippen molar-refractivity contribution in [2.45, 2.75) is 24.8 Å². The molecule has 0 amide bonds. The van der Waals surface area contributed by atoms with Crippen LogP contribution in [0.5, 0.6) is 0 Å². The van der Waals surface area contributed by atoms with Crippen LogP contribution in [0.15, 0.2) is 64.5 Å². The molecule has 0 saturated heterocycles. The van der Waals surface area contributed by atoms with Gasteiger partial charge in [-0.3, -0.25) is 9.48 Å². The van der Waals surface area contributed by atoms with Crippen molar-refractivity contribution in [2.75, 3.05) is 0 Å². The lowest BCUT2D eigenvalue weighted by Gasteiger charge is -2.07. The Kier molecular flexibility index (Phi) is 4.87. The second kappa shape index (κ2) is 7.47. The van der Waals surface area contributed by atoms with E-state index in [-0.39, 0.29) is 5.56 Å². The Morgan fingerprint density at radius 3 is 2.46 bits per heavy atom. The summed E-state index contributed by atoms with van der Waals surface area (Å²) in [6.07, 6.45) is 0. The Labute approximate surface area is 166 Å². The molecule has 0 bridgehead atoms. The van der Waals surface area contributed by atoms with Gasteiger partial charge in [-0.05, 0) is 47.5 Å². The van der Waals surface area contributed by atoms with Crippen LogP contribution in [-0.2, 0) is 12.8 Å². The first-order valence-corrected chi connectivity index (χ1v) is 9.86. The van der Waals surface area contributed by atoms with E-state index >= 15 is 0 Å². The maximum absolute atomic E-state index is 13.2. The number of thioether (sulfide) groups is 1. The highest BCUT2D eigenvalue weighted by Crippen LogP contribution is 2.24. The molecule has 2 aromatic carbocycles. The van der Waals surface area contributed by atoms with Gasteiger partial charge >= 0.3 is 0 Å². The normalized spacial score (nSPS) is 11.1. The minimum absolute atomic E-state index is 0.156. The smallest absolute Gasteiger partial charge is 0.283 e. The van der Waals surface area contributed by atoms with Crippen LogP contribution in [0.25, 0.3) is 11.4 Å². The molecular formula is C20H20N6OS. The molecule has 142 valence electrons. The average molecular weight is 392 g/mol. The maximum Gasteiger partial charge on any atom is 0.297 e. The van der Waals surface area contributed by atoms with Gasteiger partial charge in [0.2, 0.25) is 5.16 Å². The van der Waals surface area contributed by atoms with Crippen LogP contribution in [0.1, 0.15) is 16.8 Å². The van der Waals surface area contributed by atoms with Crippen molar-refractivity contribution < 1.29 is 0 Å². The fraction of sp³-hybridized carbons (Fsp3) is 0.200. The van der Waals surface area contributed by atoms with Gasteiger partial charge in [0.15, 0.2) is 5.69 Å². The zero-order chi connectivity index (χ0) is 19.7. The lowest BCUT2D eigenvalue weighted by molar-refractivity contribution is 0.630. The summed E-state index contributed by atoms with van der Waals surface area (Å²) in [7, 11) is 1.86. The van der Waals surface area contributed by atoms with Gasteiger partial charge in [0.05, 0.1) is 11.4 Å². The number of benzene rings is 2. The van der Waals surface area contributed by atoms with Crippen molar-refractivity contribution in [2.24, 2.45) is 7.05 Å². The highest BCUT2D eigenvalue weighted by atomic mass is 32.2. The van der Waals surface area contributed by atoms with Crippen molar-refractivity contribution in [1.82, 2.24) is 29.6 Å². The third kappa shape index (κ3) is 3.16. The van der Waals surface area contributed by atoms with Crippen LogP contribution in [0.2, 0.25) is 0 Å². The zero-order valence-corrected chi connectivity index (χ0v) is 16.7. The van der Waals surface area contributed by atoms with Gasteiger partial charge < -0.3 is 0 Å². The number of aromatic nitrogens is 6. The highest BCUT2D eigenvalue weighted by molar-refractivity contribution is 7.98. The number of hydrogen-bond acceptors (Lipinski definition) is 5. The monoisotopic (exact) mass is 392 g/mol. The van der Waals surface area contributed by atoms with Crippen LogP contribution < -0.4 is 5.56 Å². The van der Waals surface area contributed by atoms with Crippen LogP contribution in [-0.4, -0.2) is 29.6 Å². The van der Waals surface area contributed by atoms with Crippen molar-refractivity contribution >= 4 is 11.8 Å². The molecular weight excluding hydrogens is 372 g/mol. The molecule has 0 aliphatic heterocycles. The molecule has 0 fully saturated rings. The average Bonchev–Trinajstić information content (AvgIpc) is 3.24. The van der Waals surface area contributed by atoms with E-state index < -0.39 is 0 Å². The third-order valence-corrected chi connectivity index (χ3v) is 5.76. The zero-order valence-electron chi connectivity index (χ0n) is 15.9. The van der Waals surface area contributed by atoms with E-state index in [1.54, 1.807) is 9.36 Å².